The average Bonchev–Trinajstić information content (AvgIpc) is 2.70. The molecule has 0 aliphatic heterocycles. The first-order valence-corrected chi connectivity index (χ1v) is 9.41. The molecule has 1 aromatic heterocycles. The Morgan fingerprint density at radius 3 is 2.50 bits per heavy atom. The van der Waals surface area contributed by atoms with Gasteiger partial charge in [-0.05, 0) is 51.1 Å². The largest absolute Gasteiger partial charge is 0.312 e. The average molecular weight is 319 g/mol. The van der Waals surface area contributed by atoms with E-state index >= 15 is 0 Å². The van der Waals surface area contributed by atoms with Gasteiger partial charge in [0, 0.05) is 17.0 Å². The minimum absolute atomic E-state index is 0.429. The topological polar surface area (TPSA) is 58.2 Å². The summed E-state index contributed by atoms with van der Waals surface area (Å²) in [6.45, 7) is 11.2. The van der Waals surface area contributed by atoms with Crippen molar-refractivity contribution < 1.29 is 8.42 Å². The molecule has 2 N–H and O–H groups in total. The van der Waals surface area contributed by atoms with Gasteiger partial charge in [0.25, 0.3) is 0 Å². The van der Waals surface area contributed by atoms with Crippen molar-refractivity contribution in [3.63, 3.8) is 0 Å². The summed E-state index contributed by atoms with van der Waals surface area (Å²) in [7, 11) is -3.46. The van der Waals surface area contributed by atoms with E-state index in [-0.39, 0.29) is 0 Å². The Labute approximate surface area is 127 Å². The highest BCUT2D eigenvalue weighted by atomic mass is 32.2. The highest BCUT2D eigenvalue weighted by Gasteiger charge is 2.28. The molecule has 0 aromatic carbocycles. The number of hydrogen-bond acceptors (Lipinski definition) is 4. The van der Waals surface area contributed by atoms with Crippen LogP contribution in [-0.4, -0.2) is 20.5 Å². The van der Waals surface area contributed by atoms with Gasteiger partial charge in [-0.25, -0.2) is 13.1 Å². The molecule has 20 heavy (non-hydrogen) atoms. The molecule has 0 amide bonds. The van der Waals surface area contributed by atoms with Crippen LogP contribution in [0.1, 0.15) is 51.0 Å². The second-order valence-electron chi connectivity index (χ2n) is 5.69. The first-order valence-electron chi connectivity index (χ1n) is 7.05. The van der Waals surface area contributed by atoms with E-state index in [4.69, 9.17) is 0 Å². The van der Waals surface area contributed by atoms with Gasteiger partial charge in [-0.2, -0.15) is 0 Å². The van der Waals surface area contributed by atoms with E-state index in [1.165, 1.54) is 11.3 Å². The summed E-state index contributed by atoms with van der Waals surface area (Å²) in [6.07, 6.45) is 1.78. The molecule has 1 heterocycles. The van der Waals surface area contributed by atoms with E-state index in [2.05, 4.69) is 17.0 Å². The smallest absolute Gasteiger partial charge is 0.242 e. The molecule has 116 valence electrons. The Bertz CT molecular complexity index is 533. The zero-order chi connectivity index (χ0) is 15.4. The van der Waals surface area contributed by atoms with Crippen LogP contribution in [0.3, 0.4) is 0 Å². The molecule has 0 fully saturated rings. The van der Waals surface area contributed by atoms with Gasteiger partial charge in [-0.3, -0.25) is 0 Å². The molecule has 0 aliphatic carbocycles. The lowest BCUT2D eigenvalue weighted by Crippen LogP contribution is -2.43. The fourth-order valence-corrected chi connectivity index (χ4v) is 5.10. The molecule has 0 saturated carbocycles. The van der Waals surface area contributed by atoms with Crippen molar-refractivity contribution in [2.24, 2.45) is 0 Å². The van der Waals surface area contributed by atoms with Gasteiger partial charge >= 0.3 is 0 Å². The summed E-state index contributed by atoms with van der Waals surface area (Å²) in [4.78, 5) is 1.34. The number of aryl methyl sites for hydroxylation is 1. The molecule has 0 radical (unpaired) electrons. The molecule has 1 rings (SSSR count). The first-order chi connectivity index (χ1) is 9.23. The molecule has 0 atom stereocenters. The lowest BCUT2D eigenvalue weighted by Gasteiger charge is -2.24. The van der Waals surface area contributed by atoms with Crippen molar-refractivity contribution >= 4 is 21.4 Å². The van der Waals surface area contributed by atoms with Gasteiger partial charge in [0.1, 0.15) is 4.90 Å². The monoisotopic (exact) mass is 318 g/mol. The van der Waals surface area contributed by atoms with Crippen LogP contribution < -0.4 is 10.0 Å². The van der Waals surface area contributed by atoms with Crippen molar-refractivity contribution in [2.45, 2.75) is 64.4 Å². The molecule has 0 spiro atoms. The maximum atomic E-state index is 12.6. The quantitative estimate of drug-likeness (QED) is 0.724. The summed E-state index contributed by atoms with van der Waals surface area (Å²) in [6, 6.07) is 0. The summed E-state index contributed by atoms with van der Waals surface area (Å²) < 4.78 is 28.0. The molecule has 0 aliphatic rings. The Kier molecular flexibility index (Phi) is 6.19. The molecule has 6 heteroatoms. The van der Waals surface area contributed by atoms with Crippen LogP contribution >= 0.6 is 11.3 Å². The summed E-state index contributed by atoms with van der Waals surface area (Å²) >= 11 is 1.51. The molecule has 0 bridgehead atoms. The Morgan fingerprint density at radius 1 is 1.30 bits per heavy atom. The van der Waals surface area contributed by atoms with E-state index in [1.807, 2.05) is 33.1 Å². The van der Waals surface area contributed by atoms with E-state index < -0.39 is 15.6 Å². The van der Waals surface area contributed by atoms with E-state index in [0.717, 1.165) is 29.8 Å². The number of thiophene rings is 1. The van der Waals surface area contributed by atoms with Gasteiger partial charge in [0.2, 0.25) is 10.0 Å². The van der Waals surface area contributed by atoms with Crippen LogP contribution in [0.2, 0.25) is 0 Å². The summed E-state index contributed by atoms with van der Waals surface area (Å²) in [5.41, 5.74) is 0.393. The maximum absolute atomic E-state index is 12.6. The van der Waals surface area contributed by atoms with Crippen LogP contribution in [-0.2, 0) is 16.6 Å². The Morgan fingerprint density at radius 2 is 1.95 bits per heavy atom. The third kappa shape index (κ3) is 4.55. The Hall–Kier alpha value is -0.430. The van der Waals surface area contributed by atoms with Crippen molar-refractivity contribution in [3.8, 4) is 0 Å². The van der Waals surface area contributed by atoms with Crippen LogP contribution in [0.4, 0.5) is 0 Å². The van der Waals surface area contributed by atoms with Crippen LogP contribution in [0.25, 0.3) is 0 Å². The first kappa shape index (κ1) is 17.6. The number of hydrogen-bond donors (Lipinski definition) is 2. The summed E-state index contributed by atoms with van der Waals surface area (Å²) in [5.74, 6) is 0. The van der Waals surface area contributed by atoms with Crippen molar-refractivity contribution in [1.82, 2.24) is 10.0 Å². The van der Waals surface area contributed by atoms with Gasteiger partial charge < -0.3 is 5.32 Å². The highest BCUT2D eigenvalue weighted by molar-refractivity contribution is 7.89. The van der Waals surface area contributed by atoms with Crippen molar-refractivity contribution in [2.75, 3.05) is 6.54 Å². The minimum atomic E-state index is -3.46. The second kappa shape index (κ2) is 7.02. The van der Waals surface area contributed by atoms with Crippen molar-refractivity contribution in [1.29, 1.82) is 0 Å². The molecule has 1 aromatic rings. The Balaban J connectivity index is 3.02. The third-order valence-electron chi connectivity index (χ3n) is 3.26. The SMILES string of the molecule is CCCNCc1scc(C)c1S(=O)(=O)NC(C)(C)CC. The lowest BCUT2D eigenvalue weighted by molar-refractivity contribution is 0.439. The minimum Gasteiger partial charge on any atom is -0.312 e. The normalized spacial score (nSPS) is 12.8. The van der Waals surface area contributed by atoms with E-state index in [9.17, 15) is 8.42 Å². The fourth-order valence-electron chi connectivity index (χ4n) is 1.84. The fraction of sp³-hybridized carbons (Fsp3) is 0.714. The van der Waals surface area contributed by atoms with Gasteiger partial charge in [0.05, 0.1) is 0 Å². The molecule has 4 nitrogen and oxygen atoms in total. The molecule has 0 saturated heterocycles. The van der Waals surface area contributed by atoms with E-state index in [0.29, 0.717) is 11.4 Å². The van der Waals surface area contributed by atoms with Crippen molar-refractivity contribution in [3.05, 3.63) is 15.8 Å². The zero-order valence-corrected chi connectivity index (χ0v) is 14.7. The molecular weight excluding hydrogens is 292 g/mol. The molecule has 0 unspecified atom stereocenters. The number of rotatable bonds is 8. The predicted molar refractivity (Wildman–Crippen MR) is 85.7 cm³/mol. The van der Waals surface area contributed by atoms with Crippen LogP contribution in [0, 0.1) is 6.92 Å². The second-order valence-corrected chi connectivity index (χ2v) is 8.27. The number of nitrogens with one attached hydrogen (secondary N) is 2. The van der Waals surface area contributed by atoms with Crippen LogP contribution in [0.5, 0.6) is 0 Å². The van der Waals surface area contributed by atoms with Gasteiger partial charge in [0.15, 0.2) is 0 Å². The number of sulfonamides is 1. The lowest BCUT2D eigenvalue weighted by atomic mass is 10.0. The predicted octanol–water partition coefficient (Wildman–Crippen LogP) is 3.02. The van der Waals surface area contributed by atoms with Gasteiger partial charge in [-0.15, -0.1) is 11.3 Å². The standard InChI is InChI=1S/C14H26N2O2S2/c1-6-8-15-9-12-13(11(3)10-19-12)20(17,18)16-14(4,5)7-2/h10,15-16H,6-9H2,1-5H3. The van der Waals surface area contributed by atoms with E-state index in [1.54, 1.807) is 0 Å². The van der Waals surface area contributed by atoms with Gasteiger partial charge in [-0.1, -0.05) is 13.8 Å². The zero-order valence-electron chi connectivity index (χ0n) is 13.0. The third-order valence-corrected chi connectivity index (χ3v) is 6.43. The van der Waals surface area contributed by atoms with Crippen LogP contribution in [0.15, 0.2) is 10.3 Å². The maximum Gasteiger partial charge on any atom is 0.242 e. The highest BCUT2D eigenvalue weighted by Crippen LogP contribution is 2.28. The summed E-state index contributed by atoms with van der Waals surface area (Å²) in [5, 5.41) is 5.19. The molecular formula is C14H26N2O2S2.